The molecule has 0 rings (SSSR count). The van der Waals surface area contributed by atoms with Crippen LogP contribution in [0.15, 0.2) is 0 Å². The molecule has 0 aromatic carbocycles. The molecule has 0 aromatic heterocycles. The molecular weight excluding hydrogens is 558 g/mol. The van der Waals surface area contributed by atoms with Gasteiger partial charge in [0.2, 0.25) is 11.8 Å². The fourth-order valence-electron chi connectivity index (χ4n) is 6.11. The van der Waals surface area contributed by atoms with Crippen LogP contribution in [0, 0.1) is 5.21 Å². The zero-order valence-corrected chi connectivity index (χ0v) is 30.7. The Morgan fingerprint density at radius 2 is 0.822 bits per heavy atom. The Morgan fingerprint density at radius 1 is 0.467 bits per heavy atom. The number of unbranched alkanes of at least 4 members (excludes halogenated alkanes) is 24. The summed E-state index contributed by atoms with van der Waals surface area (Å²) in [6, 6.07) is 0. The van der Waals surface area contributed by atoms with Crippen molar-refractivity contribution in [1.82, 2.24) is 15.3 Å². The molecule has 0 atom stereocenters. The minimum Gasteiger partial charge on any atom is -0.756 e. The van der Waals surface area contributed by atoms with Crippen LogP contribution in [0.4, 0.5) is 0 Å². The van der Waals surface area contributed by atoms with Crippen LogP contribution in [0.25, 0.3) is 0 Å². The molecule has 6 nitrogen and oxygen atoms in total. The number of hydrogen-bond donors (Lipinski definition) is 1. The zero-order valence-electron chi connectivity index (χ0n) is 30.7. The maximum Gasteiger partial charge on any atom is 0.219 e. The summed E-state index contributed by atoms with van der Waals surface area (Å²) in [4.78, 5) is 26.5. The average Bonchev–Trinajstić information content (AvgIpc) is 3.03. The highest BCUT2D eigenvalue weighted by Gasteiger charge is 2.06. The van der Waals surface area contributed by atoms with Crippen molar-refractivity contribution < 1.29 is 9.59 Å². The summed E-state index contributed by atoms with van der Waals surface area (Å²) in [6.07, 6.45) is 36.4. The fourth-order valence-corrected chi connectivity index (χ4v) is 6.11. The van der Waals surface area contributed by atoms with Gasteiger partial charge in [-0.25, -0.2) is 0 Å². The van der Waals surface area contributed by atoms with Crippen LogP contribution in [-0.4, -0.2) is 55.0 Å². The zero-order chi connectivity index (χ0) is 33.1. The minimum absolute atomic E-state index is 0.171. The normalized spacial score (nSPS) is 11.4. The fraction of sp³-hybridized carbons (Fsp3) is 0.949. The second-order valence-corrected chi connectivity index (χ2v) is 13.8. The van der Waals surface area contributed by atoms with Gasteiger partial charge in [0.25, 0.3) is 0 Å². The first kappa shape index (κ1) is 43.9. The Bertz CT molecular complexity index is 631. The predicted molar refractivity (Wildman–Crippen MR) is 195 cm³/mol. The number of rotatable bonds is 36. The number of carbonyl (C=O) groups excluding carboxylic acids is 2. The van der Waals surface area contributed by atoms with E-state index in [0.717, 1.165) is 45.2 Å². The first-order valence-corrected chi connectivity index (χ1v) is 19.9. The van der Waals surface area contributed by atoms with Gasteiger partial charge >= 0.3 is 0 Å². The molecule has 0 aliphatic carbocycles. The van der Waals surface area contributed by atoms with Crippen molar-refractivity contribution >= 4 is 11.8 Å². The number of nitrogens with zero attached hydrogens (tertiary/aromatic N) is 2. The number of nitrogens with one attached hydrogen (secondary N) is 1. The summed E-state index contributed by atoms with van der Waals surface area (Å²) in [5.74, 6) is -0.0864. The van der Waals surface area contributed by atoms with Crippen LogP contribution in [-0.2, 0) is 9.59 Å². The van der Waals surface area contributed by atoms with E-state index in [0.29, 0.717) is 30.9 Å². The van der Waals surface area contributed by atoms with E-state index in [1.165, 1.54) is 141 Å². The highest BCUT2D eigenvalue weighted by Crippen LogP contribution is 2.14. The van der Waals surface area contributed by atoms with Crippen molar-refractivity contribution in [3.05, 3.63) is 5.21 Å². The van der Waals surface area contributed by atoms with Gasteiger partial charge in [-0.15, -0.1) is 0 Å². The van der Waals surface area contributed by atoms with Crippen molar-refractivity contribution in [3.8, 4) is 0 Å². The van der Waals surface area contributed by atoms with Gasteiger partial charge in [0.1, 0.15) is 0 Å². The largest absolute Gasteiger partial charge is 0.756 e. The van der Waals surface area contributed by atoms with Crippen LogP contribution in [0.2, 0.25) is 0 Å². The number of amides is 2. The quantitative estimate of drug-likeness (QED) is 0.0548. The van der Waals surface area contributed by atoms with Gasteiger partial charge < -0.3 is 20.5 Å². The first-order valence-electron chi connectivity index (χ1n) is 19.9. The number of hydroxylamine groups is 2. The molecule has 268 valence electrons. The SMILES string of the molecule is CCCCCCCCCCCCCCCC(=O)NCCCN(C)CCCN([O-])C(=O)CCCCCCCCCCCCCCC. The summed E-state index contributed by atoms with van der Waals surface area (Å²) >= 11 is 0. The standard InChI is InChI=1S/C39H78N3O3/c1-4-6-8-10-12-14-16-18-20-22-24-26-28-32-38(43)40-34-30-35-41(3)36-31-37-42(45)39(44)33-29-27-25-23-21-19-17-15-13-11-9-7-5-2/h4-37H2,1-3H3,(H,40,43)/q-1. The lowest BCUT2D eigenvalue weighted by molar-refractivity contribution is -0.128. The highest BCUT2D eigenvalue weighted by atomic mass is 16.5. The third-order valence-electron chi connectivity index (χ3n) is 9.22. The molecule has 0 fully saturated rings. The molecule has 0 unspecified atom stereocenters. The van der Waals surface area contributed by atoms with Crippen molar-refractivity contribution in [3.63, 3.8) is 0 Å². The molecule has 1 N–H and O–H groups in total. The van der Waals surface area contributed by atoms with Gasteiger partial charge in [-0.05, 0) is 45.8 Å². The summed E-state index contributed by atoms with van der Waals surface area (Å²) in [7, 11) is 2.04. The maximum absolute atomic E-state index is 12.2. The highest BCUT2D eigenvalue weighted by molar-refractivity contribution is 5.76. The molecular formula is C39H78N3O3-. The molecule has 0 spiro atoms. The Kier molecular flexibility index (Phi) is 34.8. The number of carbonyl (C=O) groups is 2. The molecule has 2 amide bonds. The van der Waals surface area contributed by atoms with Crippen molar-refractivity contribution in [1.29, 1.82) is 0 Å². The van der Waals surface area contributed by atoms with Crippen LogP contribution in [0.1, 0.15) is 206 Å². The molecule has 6 heteroatoms. The van der Waals surface area contributed by atoms with Gasteiger partial charge in [0.05, 0.1) is 0 Å². The summed E-state index contributed by atoms with van der Waals surface area (Å²) in [6.45, 7) is 7.18. The summed E-state index contributed by atoms with van der Waals surface area (Å²) in [5.41, 5.74) is 0. The van der Waals surface area contributed by atoms with Gasteiger partial charge in [-0.2, -0.15) is 0 Å². The summed E-state index contributed by atoms with van der Waals surface area (Å²) < 4.78 is 0. The van der Waals surface area contributed by atoms with E-state index in [-0.39, 0.29) is 18.4 Å². The van der Waals surface area contributed by atoms with E-state index in [2.05, 4.69) is 24.1 Å². The Hall–Kier alpha value is -1.14. The van der Waals surface area contributed by atoms with Crippen molar-refractivity contribution in [2.45, 2.75) is 206 Å². The summed E-state index contributed by atoms with van der Waals surface area (Å²) in [5, 5.41) is 15.9. The molecule has 45 heavy (non-hydrogen) atoms. The van der Waals surface area contributed by atoms with Gasteiger partial charge in [-0.3, -0.25) is 9.59 Å². The van der Waals surface area contributed by atoms with Crippen LogP contribution < -0.4 is 5.32 Å². The lowest BCUT2D eigenvalue weighted by atomic mass is 10.0. The molecule has 0 aromatic rings. The molecule has 0 heterocycles. The lowest BCUT2D eigenvalue weighted by Crippen LogP contribution is -2.31. The number of hydrogen-bond acceptors (Lipinski definition) is 4. The Morgan fingerprint density at radius 3 is 1.24 bits per heavy atom. The smallest absolute Gasteiger partial charge is 0.219 e. The Labute approximate surface area is 281 Å². The second kappa shape index (κ2) is 35.7. The van der Waals surface area contributed by atoms with E-state index in [1.807, 2.05) is 7.05 Å². The van der Waals surface area contributed by atoms with Crippen LogP contribution in [0.3, 0.4) is 0 Å². The van der Waals surface area contributed by atoms with E-state index in [1.54, 1.807) is 0 Å². The topological polar surface area (TPSA) is 75.7 Å². The predicted octanol–water partition coefficient (Wildman–Crippen LogP) is 11.1. The lowest BCUT2D eigenvalue weighted by Gasteiger charge is -2.29. The van der Waals surface area contributed by atoms with Gasteiger partial charge in [0.15, 0.2) is 0 Å². The third kappa shape index (κ3) is 34.0. The van der Waals surface area contributed by atoms with Gasteiger partial charge in [0, 0.05) is 25.9 Å². The van der Waals surface area contributed by atoms with Crippen LogP contribution in [0.5, 0.6) is 0 Å². The van der Waals surface area contributed by atoms with Crippen molar-refractivity contribution in [2.75, 3.05) is 33.2 Å². The van der Waals surface area contributed by atoms with E-state index < -0.39 is 0 Å². The van der Waals surface area contributed by atoms with Crippen molar-refractivity contribution in [2.24, 2.45) is 0 Å². The second-order valence-electron chi connectivity index (χ2n) is 13.8. The average molecular weight is 637 g/mol. The maximum atomic E-state index is 12.2. The minimum atomic E-state index is -0.257. The van der Waals surface area contributed by atoms with Gasteiger partial charge in [-0.1, -0.05) is 168 Å². The van der Waals surface area contributed by atoms with E-state index in [4.69, 9.17) is 0 Å². The molecule has 0 radical (unpaired) electrons. The third-order valence-corrected chi connectivity index (χ3v) is 9.22. The molecule has 0 aliphatic heterocycles. The Balaban J connectivity index is 3.47. The monoisotopic (exact) mass is 637 g/mol. The van der Waals surface area contributed by atoms with E-state index >= 15 is 0 Å². The van der Waals surface area contributed by atoms with Crippen LogP contribution >= 0.6 is 0 Å². The molecule has 0 bridgehead atoms. The molecule has 0 saturated carbocycles. The van der Waals surface area contributed by atoms with E-state index in [9.17, 15) is 14.8 Å². The first-order chi connectivity index (χ1) is 22.0. The molecule has 0 saturated heterocycles. The molecule has 0 aliphatic rings.